The van der Waals surface area contributed by atoms with Crippen LogP contribution in [0, 0.1) is 3.57 Å². The molecular formula is C25H26ClIN2O2S. The van der Waals surface area contributed by atoms with Gasteiger partial charge in [0.05, 0.1) is 3.57 Å². The van der Waals surface area contributed by atoms with Gasteiger partial charge in [0, 0.05) is 35.5 Å². The van der Waals surface area contributed by atoms with Gasteiger partial charge < -0.3 is 4.57 Å². The molecule has 2 aromatic carbocycles. The van der Waals surface area contributed by atoms with Crippen molar-refractivity contribution in [2.45, 2.75) is 50.2 Å². The zero-order chi connectivity index (χ0) is 22.8. The molecule has 0 saturated carbocycles. The van der Waals surface area contributed by atoms with E-state index in [9.17, 15) is 9.59 Å². The molecule has 0 aliphatic rings. The molecule has 0 unspecified atom stereocenters. The van der Waals surface area contributed by atoms with Crippen LogP contribution in [0.4, 0.5) is 0 Å². The summed E-state index contributed by atoms with van der Waals surface area (Å²) < 4.78 is 2.70. The van der Waals surface area contributed by atoms with Crippen molar-refractivity contribution in [3.05, 3.63) is 90.9 Å². The van der Waals surface area contributed by atoms with Crippen LogP contribution in [0.25, 0.3) is 0 Å². The van der Waals surface area contributed by atoms with E-state index >= 15 is 0 Å². The van der Waals surface area contributed by atoms with Crippen LogP contribution in [0.3, 0.4) is 0 Å². The number of ketones is 1. The summed E-state index contributed by atoms with van der Waals surface area (Å²) in [5.41, 5.74) is 1.75. The summed E-state index contributed by atoms with van der Waals surface area (Å²) in [6.07, 6.45) is 7.69. The third kappa shape index (κ3) is 8.05. The number of benzene rings is 2. The lowest BCUT2D eigenvalue weighted by molar-refractivity contribution is 0.0979. The Bertz CT molecular complexity index is 1070. The highest BCUT2D eigenvalue weighted by Crippen LogP contribution is 2.20. The lowest BCUT2D eigenvalue weighted by atomic mass is 10.0. The Hall–Kier alpha value is -1.64. The molecule has 0 bridgehead atoms. The third-order valence-electron chi connectivity index (χ3n) is 5.06. The van der Waals surface area contributed by atoms with E-state index in [-0.39, 0.29) is 11.3 Å². The maximum atomic E-state index is 12.2. The van der Waals surface area contributed by atoms with Crippen LogP contribution in [0.5, 0.6) is 0 Å². The zero-order valence-electron chi connectivity index (χ0n) is 17.8. The maximum absolute atomic E-state index is 12.2. The molecule has 0 radical (unpaired) electrons. The summed E-state index contributed by atoms with van der Waals surface area (Å²) >= 11 is 9.56. The number of nitrogens with zero attached hydrogens (tertiary/aromatic N) is 2. The molecule has 0 spiro atoms. The van der Waals surface area contributed by atoms with Gasteiger partial charge >= 0.3 is 0 Å². The predicted octanol–water partition coefficient (Wildman–Crippen LogP) is 6.87. The number of Topliss-reactive ketones (excluding diaryl/α,β-unsaturated/α-hetero) is 1. The Morgan fingerprint density at radius 2 is 1.66 bits per heavy atom. The first-order valence-corrected chi connectivity index (χ1v) is 13.2. The van der Waals surface area contributed by atoms with Gasteiger partial charge in [-0.3, -0.25) is 9.59 Å². The normalized spacial score (nSPS) is 10.9. The Morgan fingerprint density at radius 1 is 0.969 bits per heavy atom. The largest absolute Gasteiger partial charge is 0.322 e. The molecule has 0 N–H and O–H groups in total. The van der Waals surface area contributed by atoms with Crippen molar-refractivity contribution in [2.24, 2.45) is 0 Å². The number of rotatable bonds is 12. The number of unbranched alkanes of at least 4 members (excludes halogenated alkanes) is 4. The minimum Gasteiger partial charge on any atom is -0.322 e. The van der Waals surface area contributed by atoms with Crippen molar-refractivity contribution < 1.29 is 4.79 Å². The zero-order valence-corrected chi connectivity index (χ0v) is 21.5. The molecule has 0 saturated heterocycles. The number of carbonyl (C=O) groups is 1. The molecule has 0 atom stereocenters. The molecule has 0 amide bonds. The predicted molar refractivity (Wildman–Crippen MR) is 141 cm³/mol. The van der Waals surface area contributed by atoms with E-state index in [4.69, 9.17) is 11.6 Å². The van der Waals surface area contributed by atoms with Crippen molar-refractivity contribution >= 4 is 51.7 Å². The summed E-state index contributed by atoms with van der Waals surface area (Å²) in [5.74, 6) is 1.10. The number of halogens is 2. The van der Waals surface area contributed by atoms with Crippen LogP contribution in [0.15, 0.2) is 70.7 Å². The molecule has 168 valence electrons. The van der Waals surface area contributed by atoms with Gasteiger partial charge in [-0.2, -0.15) is 4.98 Å². The van der Waals surface area contributed by atoms with Gasteiger partial charge in [0.1, 0.15) is 0 Å². The summed E-state index contributed by atoms with van der Waals surface area (Å²) in [5, 5.41) is 1.42. The third-order valence-corrected chi connectivity index (χ3v) is 7.13. The first kappa shape index (κ1) is 25.0. The van der Waals surface area contributed by atoms with E-state index in [1.807, 2.05) is 47.0 Å². The minimum atomic E-state index is -0.164. The first-order valence-electron chi connectivity index (χ1n) is 10.8. The van der Waals surface area contributed by atoms with Crippen molar-refractivity contribution in [1.82, 2.24) is 9.55 Å². The van der Waals surface area contributed by atoms with E-state index in [2.05, 4.69) is 21.7 Å². The van der Waals surface area contributed by atoms with E-state index < -0.39 is 0 Å². The Kier molecular flexibility index (Phi) is 10.3. The summed E-state index contributed by atoms with van der Waals surface area (Å²) in [6, 6.07) is 17.3. The quantitative estimate of drug-likeness (QED) is 0.0772. The summed E-state index contributed by atoms with van der Waals surface area (Å²) in [7, 11) is 0. The highest BCUT2D eigenvalue weighted by atomic mass is 127. The molecule has 3 rings (SSSR count). The number of aromatic nitrogens is 2. The molecular weight excluding hydrogens is 555 g/mol. The molecule has 0 fully saturated rings. The van der Waals surface area contributed by atoms with Crippen LogP contribution in [0.2, 0.25) is 5.02 Å². The van der Waals surface area contributed by atoms with Crippen molar-refractivity contribution in [3.63, 3.8) is 0 Å². The van der Waals surface area contributed by atoms with Crippen molar-refractivity contribution in [3.8, 4) is 0 Å². The van der Waals surface area contributed by atoms with Gasteiger partial charge in [-0.25, -0.2) is 0 Å². The van der Waals surface area contributed by atoms with Crippen LogP contribution in [-0.2, 0) is 6.54 Å². The van der Waals surface area contributed by atoms with Gasteiger partial charge in [-0.15, -0.1) is 0 Å². The monoisotopic (exact) mass is 580 g/mol. The van der Waals surface area contributed by atoms with E-state index in [0.29, 0.717) is 21.6 Å². The minimum absolute atomic E-state index is 0.164. The van der Waals surface area contributed by atoms with E-state index in [1.165, 1.54) is 5.56 Å². The molecule has 3 aromatic rings. The smallest absolute Gasteiger partial charge is 0.287 e. The number of hydrogen-bond donors (Lipinski definition) is 0. The molecule has 4 nitrogen and oxygen atoms in total. The average molecular weight is 581 g/mol. The van der Waals surface area contributed by atoms with Gasteiger partial charge in [0.25, 0.3) is 5.56 Å². The van der Waals surface area contributed by atoms with Gasteiger partial charge in [0.15, 0.2) is 10.9 Å². The highest BCUT2D eigenvalue weighted by Gasteiger charge is 2.09. The summed E-state index contributed by atoms with van der Waals surface area (Å²) in [4.78, 5) is 28.5. The Morgan fingerprint density at radius 3 is 2.41 bits per heavy atom. The number of carbonyl (C=O) groups excluding carboxylic acids is 1. The molecule has 1 aromatic heterocycles. The standard InChI is InChI=1S/C25H26ClIN2O2S/c26-21-14-12-20(13-15-21)23(30)11-7-2-1-3-8-16-32-25-28-24(31)22(27)18-29(25)17-19-9-5-4-6-10-19/h4-6,9-10,12-15,18H,1-3,7-8,11,16-17H2. The molecule has 0 aliphatic heterocycles. The fourth-order valence-corrected chi connectivity index (χ4v) is 4.87. The Balaban J connectivity index is 1.38. The van der Waals surface area contributed by atoms with Crippen molar-refractivity contribution in [1.29, 1.82) is 0 Å². The van der Waals surface area contributed by atoms with Crippen LogP contribution in [-0.4, -0.2) is 21.1 Å². The van der Waals surface area contributed by atoms with Crippen LogP contribution in [0.1, 0.15) is 54.4 Å². The fraction of sp³-hybridized carbons (Fsp3) is 0.320. The lowest BCUT2D eigenvalue weighted by Gasteiger charge is -2.12. The Labute approximate surface area is 211 Å². The molecule has 7 heteroatoms. The van der Waals surface area contributed by atoms with E-state index in [0.717, 1.165) is 48.6 Å². The average Bonchev–Trinajstić information content (AvgIpc) is 2.79. The van der Waals surface area contributed by atoms with Crippen LogP contribution >= 0.6 is 46.0 Å². The topological polar surface area (TPSA) is 52.0 Å². The van der Waals surface area contributed by atoms with Gasteiger partial charge in [0.2, 0.25) is 0 Å². The van der Waals surface area contributed by atoms with Gasteiger partial charge in [-0.1, -0.05) is 73.0 Å². The van der Waals surface area contributed by atoms with Gasteiger partial charge in [-0.05, 0) is 65.3 Å². The lowest BCUT2D eigenvalue weighted by Crippen LogP contribution is -2.18. The number of thioether (sulfide) groups is 1. The second kappa shape index (κ2) is 13.2. The summed E-state index contributed by atoms with van der Waals surface area (Å²) in [6.45, 7) is 0.702. The SMILES string of the molecule is O=C(CCCCCCCSc1nc(=O)c(I)cn1Cc1ccccc1)c1ccc(Cl)cc1. The second-order valence-corrected chi connectivity index (χ2v) is 10.2. The second-order valence-electron chi connectivity index (χ2n) is 7.59. The molecule has 32 heavy (non-hydrogen) atoms. The maximum Gasteiger partial charge on any atom is 0.287 e. The molecule has 0 aliphatic carbocycles. The number of hydrogen-bond acceptors (Lipinski definition) is 4. The molecule has 1 heterocycles. The fourth-order valence-electron chi connectivity index (χ4n) is 3.32. The van der Waals surface area contributed by atoms with Crippen molar-refractivity contribution in [2.75, 3.05) is 5.75 Å². The van der Waals surface area contributed by atoms with E-state index in [1.54, 1.807) is 36.0 Å². The van der Waals surface area contributed by atoms with Crippen LogP contribution < -0.4 is 5.56 Å². The first-order chi connectivity index (χ1) is 15.5. The highest BCUT2D eigenvalue weighted by molar-refractivity contribution is 14.1.